The number of ether oxygens (including phenoxy) is 1. The van der Waals surface area contributed by atoms with E-state index in [2.05, 4.69) is 47.2 Å². The Morgan fingerprint density at radius 1 is 1.29 bits per heavy atom. The van der Waals surface area contributed by atoms with Crippen molar-refractivity contribution in [2.45, 2.75) is 33.2 Å². The van der Waals surface area contributed by atoms with E-state index >= 15 is 0 Å². The summed E-state index contributed by atoms with van der Waals surface area (Å²) in [6, 6.07) is 6.29. The zero-order chi connectivity index (χ0) is 15.4. The van der Waals surface area contributed by atoms with E-state index in [1.807, 2.05) is 13.0 Å². The third-order valence-corrected chi connectivity index (χ3v) is 4.48. The molecule has 0 amide bonds. The van der Waals surface area contributed by atoms with Gasteiger partial charge in [0.05, 0.1) is 19.4 Å². The van der Waals surface area contributed by atoms with Crippen LogP contribution < -0.4 is 10.1 Å². The molecule has 0 spiro atoms. The van der Waals surface area contributed by atoms with Gasteiger partial charge >= 0.3 is 0 Å². The van der Waals surface area contributed by atoms with E-state index in [9.17, 15) is 0 Å². The van der Waals surface area contributed by atoms with Crippen LogP contribution in [0.4, 0.5) is 0 Å². The molecule has 0 fully saturated rings. The van der Waals surface area contributed by atoms with Gasteiger partial charge in [0.25, 0.3) is 0 Å². The first kappa shape index (κ1) is 16.1. The van der Waals surface area contributed by atoms with Gasteiger partial charge in [-0.15, -0.1) is 0 Å². The van der Waals surface area contributed by atoms with E-state index in [1.165, 1.54) is 0 Å². The monoisotopic (exact) mass is 351 g/mol. The average Bonchev–Trinajstić information content (AvgIpc) is 2.89. The first-order chi connectivity index (χ1) is 10.1. The Hall–Kier alpha value is -1.26. The second-order valence-corrected chi connectivity index (χ2v) is 6.02. The van der Waals surface area contributed by atoms with Crippen molar-refractivity contribution in [3.05, 3.63) is 51.4 Å². The van der Waals surface area contributed by atoms with Crippen LogP contribution in [0.5, 0.6) is 5.75 Å². The zero-order valence-corrected chi connectivity index (χ0v) is 14.6. The fraction of sp³-hybridized carbons (Fsp3) is 0.412. The Kier molecular flexibility index (Phi) is 5.48. The topological polar surface area (TPSA) is 34.4 Å². The summed E-state index contributed by atoms with van der Waals surface area (Å²) in [5, 5.41) is 3.59. The summed E-state index contributed by atoms with van der Waals surface area (Å²) >= 11 is 3.62. The van der Waals surface area contributed by atoms with E-state index in [1.54, 1.807) is 13.4 Å². The molecule has 0 saturated heterocycles. The van der Waals surface area contributed by atoms with Crippen LogP contribution in [0.2, 0.25) is 0 Å². The van der Waals surface area contributed by atoms with Crippen molar-refractivity contribution in [3.63, 3.8) is 0 Å². The molecule has 1 heterocycles. The normalized spacial score (nSPS) is 12.4. The molecule has 1 aromatic heterocycles. The second-order valence-electron chi connectivity index (χ2n) is 5.16. The highest BCUT2D eigenvalue weighted by Gasteiger charge is 2.22. The van der Waals surface area contributed by atoms with Crippen LogP contribution >= 0.6 is 15.9 Å². The van der Waals surface area contributed by atoms with Gasteiger partial charge in [-0.05, 0) is 50.6 Å². The lowest BCUT2D eigenvalue weighted by atomic mass is 9.97. The third kappa shape index (κ3) is 3.50. The van der Waals surface area contributed by atoms with E-state index in [0.717, 1.165) is 45.6 Å². The minimum Gasteiger partial charge on any atom is -0.496 e. The molecule has 1 aromatic carbocycles. The van der Waals surface area contributed by atoms with Crippen molar-refractivity contribution in [1.29, 1.82) is 0 Å². The zero-order valence-electron chi connectivity index (χ0n) is 13.0. The SMILES string of the molecule is CCCNC(c1cc(Br)c(C)cc1OC)c1ccoc1C. The number of furan rings is 1. The fourth-order valence-corrected chi connectivity index (χ4v) is 2.80. The molecule has 21 heavy (non-hydrogen) atoms. The van der Waals surface area contributed by atoms with E-state index in [-0.39, 0.29) is 6.04 Å². The Labute approximate surface area is 134 Å². The molecule has 0 aliphatic rings. The van der Waals surface area contributed by atoms with Gasteiger partial charge in [0.1, 0.15) is 11.5 Å². The Bertz CT molecular complexity index is 607. The molecule has 0 aliphatic carbocycles. The molecule has 114 valence electrons. The van der Waals surface area contributed by atoms with Crippen LogP contribution in [-0.4, -0.2) is 13.7 Å². The highest BCUT2D eigenvalue weighted by molar-refractivity contribution is 9.10. The molecule has 0 aliphatic heterocycles. The van der Waals surface area contributed by atoms with Gasteiger partial charge in [0.15, 0.2) is 0 Å². The highest BCUT2D eigenvalue weighted by Crippen LogP contribution is 2.35. The second kappa shape index (κ2) is 7.14. The fourth-order valence-electron chi connectivity index (χ4n) is 2.44. The summed E-state index contributed by atoms with van der Waals surface area (Å²) in [5.41, 5.74) is 3.43. The Morgan fingerprint density at radius 3 is 2.62 bits per heavy atom. The van der Waals surface area contributed by atoms with Crippen molar-refractivity contribution in [1.82, 2.24) is 5.32 Å². The van der Waals surface area contributed by atoms with Gasteiger partial charge in [0, 0.05) is 15.6 Å². The molecule has 3 nitrogen and oxygen atoms in total. The quantitative estimate of drug-likeness (QED) is 0.814. The number of methoxy groups -OCH3 is 1. The molecular formula is C17H22BrNO2. The van der Waals surface area contributed by atoms with Crippen molar-refractivity contribution < 1.29 is 9.15 Å². The predicted molar refractivity (Wildman–Crippen MR) is 89.0 cm³/mol. The number of aryl methyl sites for hydroxylation is 2. The van der Waals surface area contributed by atoms with Gasteiger partial charge in [-0.2, -0.15) is 0 Å². The van der Waals surface area contributed by atoms with Crippen LogP contribution in [0.1, 0.15) is 41.8 Å². The predicted octanol–water partition coefficient (Wildman–Crippen LogP) is 4.76. The van der Waals surface area contributed by atoms with Crippen LogP contribution in [0.15, 0.2) is 33.4 Å². The standard InChI is InChI=1S/C17H22BrNO2/c1-5-7-19-17(13-6-8-21-12(13)3)14-10-15(18)11(2)9-16(14)20-4/h6,8-10,17,19H,5,7H2,1-4H3. The molecular weight excluding hydrogens is 330 g/mol. The molecule has 0 saturated carbocycles. The number of hydrogen-bond donors (Lipinski definition) is 1. The smallest absolute Gasteiger partial charge is 0.124 e. The maximum atomic E-state index is 5.59. The number of hydrogen-bond acceptors (Lipinski definition) is 3. The number of benzene rings is 1. The van der Waals surface area contributed by atoms with Gasteiger partial charge in [-0.1, -0.05) is 22.9 Å². The molecule has 4 heteroatoms. The largest absolute Gasteiger partial charge is 0.496 e. The lowest BCUT2D eigenvalue weighted by Gasteiger charge is -2.22. The first-order valence-corrected chi connectivity index (χ1v) is 7.99. The van der Waals surface area contributed by atoms with E-state index in [0.29, 0.717) is 0 Å². The highest BCUT2D eigenvalue weighted by atomic mass is 79.9. The number of halogens is 1. The summed E-state index contributed by atoms with van der Waals surface area (Å²) in [6.45, 7) is 7.15. The van der Waals surface area contributed by atoms with Gasteiger partial charge < -0.3 is 14.5 Å². The summed E-state index contributed by atoms with van der Waals surface area (Å²) in [5.74, 6) is 1.83. The Morgan fingerprint density at radius 2 is 2.05 bits per heavy atom. The lowest BCUT2D eigenvalue weighted by molar-refractivity contribution is 0.402. The molecule has 2 rings (SSSR count). The minimum absolute atomic E-state index is 0.0653. The van der Waals surface area contributed by atoms with Gasteiger partial charge in [-0.25, -0.2) is 0 Å². The molecule has 1 N–H and O–H groups in total. The lowest BCUT2D eigenvalue weighted by Crippen LogP contribution is -2.24. The number of nitrogens with one attached hydrogen (secondary N) is 1. The van der Waals surface area contributed by atoms with Gasteiger partial charge in [0.2, 0.25) is 0 Å². The summed E-state index contributed by atoms with van der Waals surface area (Å²) < 4.78 is 12.2. The van der Waals surface area contributed by atoms with Crippen LogP contribution in [-0.2, 0) is 0 Å². The first-order valence-electron chi connectivity index (χ1n) is 7.19. The van der Waals surface area contributed by atoms with Crippen LogP contribution in [0.3, 0.4) is 0 Å². The van der Waals surface area contributed by atoms with Crippen molar-refractivity contribution >= 4 is 15.9 Å². The average molecular weight is 352 g/mol. The maximum Gasteiger partial charge on any atom is 0.124 e. The molecule has 1 unspecified atom stereocenters. The summed E-state index contributed by atoms with van der Waals surface area (Å²) in [6.07, 6.45) is 2.81. The van der Waals surface area contributed by atoms with Crippen molar-refractivity contribution in [2.75, 3.05) is 13.7 Å². The summed E-state index contributed by atoms with van der Waals surface area (Å²) in [4.78, 5) is 0. The molecule has 2 aromatic rings. The van der Waals surface area contributed by atoms with Crippen LogP contribution in [0, 0.1) is 13.8 Å². The van der Waals surface area contributed by atoms with E-state index < -0.39 is 0 Å². The minimum atomic E-state index is 0.0653. The van der Waals surface area contributed by atoms with Crippen LogP contribution in [0.25, 0.3) is 0 Å². The van der Waals surface area contributed by atoms with E-state index in [4.69, 9.17) is 9.15 Å². The summed E-state index contributed by atoms with van der Waals surface area (Å²) in [7, 11) is 1.71. The maximum absolute atomic E-state index is 5.59. The van der Waals surface area contributed by atoms with Gasteiger partial charge in [-0.3, -0.25) is 0 Å². The Balaban J connectivity index is 2.51. The van der Waals surface area contributed by atoms with Crippen molar-refractivity contribution in [2.24, 2.45) is 0 Å². The third-order valence-electron chi connectivity index (χ3n) is 3.63. The molecule has 0 bridgehead atoms. The van der Waals surface area contributed by atoms with Crippen molar-refractivity contribution in [3.8, 4) is 5.75 Å². The number of rotatable bonds is 6. The molecule has 1 atom stereocenters. The molecule has 0 radical (unpaired) electrons.